The number of para-hydroxylation sites is 1. The Hall–Kier alpha value is -4.30. The SMILES string of the molecule is c1ccc(CCCCc2cccc(-c3cccc(OCc4ccccc4)c3OCc3ccccc3)c2)cc1. The van der Waals surface area contributed by atoms with Gasteiger partial charge >= 0.3 is 0 Å². The van der Waals surface area contributed by atoms with Crippen molar-refractivity contribution < 1.29 is 9.47 Å². The Labute approximate surface area is 226 Å². The molecule has 38 heavy (non-hydrogen) atoms. The van der Waals surface area contributed by atoms with Crippen molar-refractivity contribution in [2.45, 2.75) is 38.9 Å². The molecule has 0 radical (unpaired) electrons. The second kappa shape index (κ2) is 13.3. The van der Waals surface area contributed by atoms with Crippen LogP contribution in [0.3, 0.4) is 0 Å². The zero-order chi connectivity index (χ0) is 25.8. The molecule has 190 valence electrons. The van der Waals surface area contributed by atoms with E-state index < -0.39 is 0 Å². The highest BCUT2D eigenvalue weighted by Gasteiger charge is 2.14. The first-order chi connectivity index (χ1) is 18.8. The van der Waals surface area contributed by atoms with Crippen LogP contribution in [0.4, 0.5) is 0 Å². The van der Waals surface area contributed by atoms with Crippen molar-refractivity contribution in [3.63, 3.8) is 0 Å². The van der Waals surface area contributed by atoms with Gasteiger partial charge in [0.05, 0.1) is 0 Å². The van der Waals surface area contributed by atoms with E-state index in [4.69, 9.17) is 9.47 Å². The van der Waals surface area contributed by atoms with Gasteiger partial charge < -0.3 is 9.47 Å². The third kappa shape index (κ3) is 7.14. The zero-order valence-electron chi connectivity index (χ0n) is 21.8. The van der Waals surface area contributed by atoms with E-state index in [0.29, 0.717) is 13.2 Å². The summed E-state index contributed by atoms with van der Waals surface area (Å²) >= 11 is 0. The topological polar surface area (TPSA) is 18.5 Å². The van der Waals surface area contributed by atoms with Crippen molar-refractivity contribution in [1.82, 2.24) is 0 Å². The van der Waals surface area contributed by atoms with E-state index in [9.17, 15) is 0 Å². The quantitative estimate of drug-likeness (QED) is 0.160. The lowest BCUT2D eigenvalue weighted by atomic mass is 9.98. The molecule has 0 spiro atoms. The Kier molecular flexibility index (Phi) is 8.88. The minimum absolute atomic E-state index is 0.485. The summed E-state index contributed by atoms with van der Waals surface area (Å²) in [6, 6.07) is 46.3. The minimum Gasteiger partial charge on any atom is -0.485 e. The molecule has 0 amide bonds. The number of rotatable bonds is 12. The molecule has 2 heteroatoms. The Bertz CT molecular complexity index is 1400. The van der Waals surface area contributed by atoms with Crippen LogP contribution in [0.25, 0.3) is 11.1 Å². The van der Waals surface area contributed by atoms with E-state index in [-0.39, 0.29) is 0 Å². The fourth-order valence-corrected chi connectivity index (χ4v) is 4.67. The van der Waals surface area contributed by atoms with Crippen molar-refractivity contribution in [2.24, 2.45) is 0 Å². The number of hydrogen-bond acceptors (Lipinski definition) is 2. The number of unbranched alkanes of at least 4 members (excludes halogenated alkanes) is 1. The second-order valence-electron chi connectivity index (χ2n) is 9.57. The maximum atomic E-state index is 6.46. The van der Waals surface area contributed by atoms with Crippen LogP contribution < -0.4 is 9.47 Å². The van der Waals surface area contributed by atoms with Crippen molar-refractivity contribution in [3.05, 3.63) is 156 Å². The first-order valence-electron chi connectivity index (χ1n) is 13.4. The molecule has 0 saturated heterocycles. The summed E-state index contributed by atoms with van der Waals surface area (Å²) in [6.07, 6.45) is 4.53. The molecule has 5 rings (SSSR count). The Balaban J connectivity index is 1.34. The van der Waals surface area contributed by atoms with Crippen molar-refractivity contribution in [1.29, 1.82) is 0 Å². The highest BCUT2D eigenvalue weighted by molar-refractivity contribution is 5.74. The molecule has 0 N–H and O–H groups in total. The predicted octanol–water partition coefficient (Wildman–Crippen LogP) is 9.08. The van der Waals surface area contributed by atoms with Gasteiger partial charge in [0.25, 0.3) is 0 Å². The van der Waals surface area contributed by atoms with Gasteiger partial charge in [-0.05, 0) is 59.6 Å². The highest BCUT2D eigenvalue weighted by atomic mass is 16.5. The summed E-state index contributed by atoms with van der Waals surface area (Å²) in [5, 5.41) is 0. The lowest BCUT2D eigenvalue weighted by Gasteiger charge is -2.17. The summed E-state index contributed by atoms with van der Waals surface area (Å²) in [5.41, 5.74) is 7.22. The molecule has 5 aromatic carbocycles. The number of hydrogen-bond donors (Lipinski definition) is 0. The third-order valence-electron chi connectivity index (χ3n) is 6.70. The molecule has 0 aromatic heterocycles. The average molecular weight is 499 g/mol. The predicted molar refractivity (Wildman–Crippen MR) is 157 cm³/mol. The van der Waals surface area contributed by atoms with E-state index in [1.54, 1.807) is 0 Å². The van der Waals surface area contributed by atoms with E-state index in [0.717, 1.165) is 53.0 Å². The van der Waals surface area contributed by atoms with Crippen LogP contribution >= 0.6 is 0 Å². The van der Waals surface area contributed by atoms with Gasteiger partial charge in [-0.1, -0.05) is 127 Å². The lowest BCUT2D eigenvalue weighted by molar-refractivity contribution is 0.257. The van der Waals surface area contributed by atoms with E-state index in [2.05, 4.69) is 91.0 Å². The molecule has 0 aliphatic heterocycles. The molecule has 0 aliphatic carbocycles. The van der Waals surface area contributed by atoms with Crippen molar-refractivity contribution in [2.75, 3.05) is 0 Å². The van der Waals surface area contributed by atoms with Crippen molar-refractivity contribution >= 4 is 0 Å². The standard InChI is InChI=1S/C36H34O2/c1-4-14-29(15-5-1)16-10-11-17-30-22-12-23-33(26-30)34-24-13-25-35(37-27-31-18-6-2-7-19-31)36(34)38-28-32-20-8-3-9-21-32/h1-9,12-15,18-26H,10-11,16-17,27-28H2. The number of ether oxygens (including phenoxy) is 2. The van der Waals surface area contributed by atoms with Crippen molar-refractivity contribution in [3.8, 4) is 22.6 Å². The zero-order valence-corrected chi connectivity index (χ0v) is 21.8. The largest absolute Gasteiger partial charge is 0.485 e. The van der Waals surface area contributed by atoms with Crippen LogP contribution in [0.1, 0.15) is 35.1 Å². The third-order valence-corrected chi connectivity index (χ3v) is 6.70. The summed E-state index contributed by atoms with van der Waals surface area (Å²) in [5.74, 6) is 1.55. The summed E-state index contributed by atoms with van der Waals surface area (Å²) in [7, 11) is 0. The molecule has 0 heterocycles. The fourth-order valence-electron chi connectivity index (χ4n) is 4.67. The smallest absolute Gasteiger partial charge is 0.169 e. The first kappa shape index (κ1) is 25.4. The normalized spacial score (nSPS) is 10.7. The highest BCUT2D eigenvalue weighted by Crippen LogP contribution is 2.39. The first-order valence-corrected chi connectivity index (χ1v) is 13.4. The molecule has 0 atom stereocenters. The van der Waals surface area contributed by atoms with Gasteiger partial charge in [-0.25, -0.2) is 0 Å². The van der Waals surface area contributed by atoms with E-state index in [1.807, 2.05) is 42.5 Å². The van der Waals surface area contributed by atoms with E-state index in [1.165, 1.54) is 17.5 Å². The molecular formula is C36H34O2. The van der Waals surface area contributed by atoms with E-state index >= 15 is 0 Å². The molecule has 0 unspecified atom stereocenters. The Morgan fingerprint density at radius 3 is 1.61 bits per heavy atom. The monoisotopic (exact) mass is 498 g/mol. The molecule has 2 nitrogen and oxygen atoms in total. The minimum atomic E-state index is 0.485. The van der Waals surface area contributed by atoms with Gasteiger partial charge in [-0.3, -0.25) is 0 Å². The summed E-state index contributed by atoms with van der Waals surface area (Å²) < 4.78 is 12.8. The molecule has 0 aliphatic rings. The van der Waals surface area contributed by atoms with Gasteiger partial charge in [0.15, 0.2) is 11.5 Å². The molecular weight excluding hydrogens is 464 g/mol. The van der Waals surface area contributed by atoms with Crippen LogP contribution in [0.5, 0.6) is 11.5 Å². The van der Waals surface area contributed by atoms with Gasteiger partial charge in [0.1, 0.15) is 13.2 Å². The van der Waals surface area contributed by atoms with Crippen LogP contribution in [0, 0.1) is 0 Å². The maximum Gasteiger partial charge on any atom is 0.169 e. The summed E-state index contributed by atoms with van der Waals surface area (Å²) in [6.45, 7) is 0.978. The summed E-state index contributed by atoms with van der Waals surface area (Å²) in [4.78, 5) is 0. The van der Waals surface area contributed by atoms with Crippen LogP contribution in [-0.2, 0) is 26.1 Å². The number of benzene rings is 5. The molecule has 5 aromatic rings. The van der Waals surface area contributed by atoms with Gasteiger partial charge in [0.2, 0.25) is 0 Å². The molecule has 0 fully saturated rings. The van der Waals surface area contributed by atoms with Crippen LogP contribution in [0.2, 0.25) is 0 Å². The van der Waals surface area contributed by atoms with Gasteiger partial charge in [-0.15, -0.1) is 0 Å². The lowest BCUT2D eigenvalue weighted by Crippen LogP contribution is -2.02. The van der Waals surface area contributed by atoms with Gasteiger partial charge in [0, 0.05) is 5.56 Å². The maximum absolute atomic E-state index is 6.46. The molecule has 0 bridgehead atoms. The van der Waals surface area contributed by atoms with Crippen LogP contribution in [-0.4, -0.2) is 0 Å². The number of aryl methyl sites for hydroxylation is 2. The van der Waals surface area contributed by atoms with Crippen LogP contribution in [0.15, 0.2) is 133 Å². The molecule has 0 saturated carbocycles. The van der Waals surface area contributed by atoms with Gasteiger partial charge in [-0.2, -0.15) is 0 Å². The second-order valence-corrected chi connectivity index (χ2v) is 9.57. The average Bonchev–Trinajstić information content (AvgIpc) is 2.99. The Morgan fingerprint density at radius 1 is 0.421 bits per heavy atom. The fraction of sp³-hybridized carbons (Fsp3) is 0.167. The Morgan fingerprint density at radius 2 is 0.947 bits per heavy atom.